The highest BCUT2D eigenvalue weighted by molar-refractivity contribution is 7.99. The van der Waals surface area contributed by atoms with Crippen molar-refractivity contribution >= 4 is 40.7 Å². The summed E-state index contributed by atoms with van der Waals surface area (Å²) in [5.41, 5.74) is 3.96. The molecule has 0 saturated heterocycles. The van der Waals surface area contributed by atoms with E-state index in [1.54, 1.807) is 20.3 Å². The number of fused-ring (bicyclic) bond motifs is 1. The largest absolute Gasteiger partial charge is 0.494 e. The number of para-hydroxylation sites is 1. The lowest BCUT2D eigenvalue weighted by molar-refractivity contribution is 0.327. The van der Waals surface area contributed by atoms with Crippen LogP contribution in [0.1, 0.15) is 18.2 Å². The number of hydrogen-bond donors (Lipinski definition) is 1. The van der Waals surface area contributed by atoms with Crippen molar-refractivity contribution in [2.75, 3.05) is 25.5 Å². The molecule has 10 nitrogen and oxygen atoms in total. The predicted octanol–water partition coefficient (Wildman–Crippen LogP) is 5.91. The van der Waals surface area contributed by atoms with Crippen LogP contribution in [0.5, 0.6) is 17.4 Å². The van der Waals surface area contributed by atoms with E-state index in [9.17, 15) is 0 Å². The highest BCUT2D eigenvalue weighted by Crippen LogP contribution is 2.38. The highest BCUT2D eigenvalue weighted by atomic mass is 35.5. The predicted molar refractivity (Wildman–Crippen MR) is 153 cm³/mol. The van der Waals surface area contributed by atoms with Crippen molar-refractivity contribution in [3.05, 3.63) is 71.1 Å². The van der Waals surface area contributed by atoms with Gasteiger partial charge in [-0.3, -0.25) is 9.55 Å². The summed E-state index contributed by atoms with van der Waals surface area (Å²) in [5.74, 6) is 3.06. The summed E-state index contributed by atoms with van der Waals surface area (Å²) in [6, 6.07) is 15.0. The summed E-state index contributed by atoms with van der Waals surface area (Å²) < 4.78 is 22.1. The molecule has 0 fully saturated rings. The molecule has 5 aromatic rings. The average Bonchev–Trinajstić information content (AvgIpc) is 3.31. The number of pyridine rings is 2. The molecule has 39 heavy (non-hydrogen) atoms. The van der Waals surface area contributed by atoms with Crippen molar-refractivity contribution < 1.29 is 14.2 Å². The first-order valence-electron chi connectivity index (χ1n) is 12.1. The Morgan fingerprint density at radius 3 is 2.41 bits per heavy atom. The van der Waals surface area contributed by atoms with E-state index in [4.69, 9.17) is 35.8 Å². The van der Waals surface area contributed by atoms with E-state index in [-0.39, 0.29) is 5.15 Å². The van der Waals surface area contributed by atoms with Crippen LogP contribution < -0.4 is 18.9 Å². The summed E-state index contributed by atoms with van der Waals surface area (Å²) >= 11 is 7.95. The fourth-order valence-electron chi connectivity index (χ4n) is 3.90. The number of halogens is 1. The molecule has 0 amide bonds. The van der Waals surface area contributed by atoms with Gasteiger partial charge in [0.05, 0.1) is 32.3 Å². The van der Waals surface area contributed by atoms with Gasteiger partial charge < -0.3 is 18.9 Å². The minimum absolute atomic E-state index is 0.186. The van der Waals surface area contributed by atoms with E-state index < -0.39 is 0 Å². The Labute approximate surface area is 234 Å². The number of benzene rings is 1. The van der Waals surface area contributed by atoms with Crippen molar-refractivity contribution in [2.24, 2.45) is 0 Å². The Balaban J connectivity index is 1.64. The van der Waals surface area contributed by atoms with Crippen LogP contribution in [-0.2, 0) is 5.75 Å². The highest BCUT2D eigenvalue weighted by Gasteiger charge is 2.25. The fraction of sp³-hybridized carbons (Fsp3) is 0.222. The quantitative estimate of drug-likeness (QED) is 0.206. The molecule has 0 aliphatic rings. The van der Waals surface area contributed by atoms with Gasteiger partial charge >= 0.3 is 0 Å². The van der Waals surface area contributed by atoms with Crippen LogP contribution >= 0.6 is 23.5 Å². The standard InChI is InChI=1S/C27H26ClN7O3S/c1-5-38-21-11-6-8-18(30-21)26-33-25-27(35(26)22-19(36-3)9-7-10-20(22)37-4)32-24(23(28)31-25)34-39-15-17-13-12-16(2)14-29-17/h6-14H,5,15H2,1-4H3,(H,32,34). The Bertz CT molecular complexity index is 1590. The first-order chi connectivity index (χ1) is 19.0. The smallest absolute Gasteiger partial charge is 0.213 e. The molecule has 0 unspecified atom stereocenters. The van der Waals surface area contributed by atoms with Gasteiger partial charge in [-0.1, -0.05) is 29.8 Å². The number of anilines is 1. The SMILES string of the molecule is CCOc1cccc(-c2nc3nc(Cl)c(NSCc4ccc(C)cn4)nc3n2-c2c(OC)cccc2OC)n1. The fourth-order valence-corrected chi connectivity index (χ4v) is 4.80. The number of hydrogen-bond acceptors (Lipinski definition) is 10. The van der Waals surface area contributed by atoms with Gasteiger partial charge in [0.1, 0.15) is 22.9 Å². The zero-order valence-electron chi connectivity index (χ0n) is 21.8. The number of aromatic nitrogens is 6. The van der Waals surface area contributed by atoms with Gasteiger partial charge in [0.25, 0.3) is 0 Å². The number of nitrogens with one attached hydrogen (secondary N) is 1. The summed E-state index contributed by atoms with van der Waals surface area (Å²) in [4.78, 5) is 23.3. The minimum atomic E-state index is 0.186. The van der Waals surface area contributed by atoms with Crippen molar-refractivity contribution in [3.63, 3.8) is 0 Å². The van der Waals surface area contributed by atoms with Gasteiger partial charge in [-0.05, 0) is 55.6 Å². The van der Waals surface area contributed by atoms with Gasteiger partial charge in [0, 0.05) is 12.3 Å². The summed E-state index contributed by atoms with van der Waals surface area (Å²) in [7, 11) is 3.19. The van der Waals surface area contributed by atoms with Gasteiger partial charge in [-0.15, -0.1) is 0 Å². The van der Waals surface area contributed by atoms with Gasteiger partial charge in [-0.2, -0.15) is 0 Å². The lowest BCUT2D eigenvalue weighted by atomic mass is 10.2. The number of imidazole rings is 1. The molecule has 12 heteroatoms. The van der Waals surface area contributed by atoms with Crippen molar-refractivity contribution in [2.45, 2.75) is 19.6 Å². The number of aryl methyl sites for hydroxylation is 1. The molecular formula is C27H26ClN7O3S. The van der Waals surface area contributed by atoms with E-state index in [2.05, 4.69) is 19.7 Å². The van der Waals surface area contributed by atoms with Crippen molar-refractivity contribution in [1.82, 2.24) is 29.5 Å². The molecule has 200 valence electrons. The van der Waals surface area contributed by atoms with Crippen LogP contribution in [0.2, 0.25) is 5.15 Å². The molecule has 1 aromatic carbocycles. The van der Waals surface area contributed by atoms with Crippen LogP contribution in [0.3, 0.4) is 0 Å². The lowest BCUT2D eigenvalue weighted by Crippen LogP contribution is -2.06. The van der Waals surface area contributed by atoms with Crippen molar-refractivity contribution in [3.8, 4) is 34.6 Å². The maximum absolute atomic E-state index is 6.54. The Hall–Kier alpha value is -4.09. The van der Waals surface area contributed by atoms with Gasteiger partial charge in [0.2, 0.25) is 5.88 Å². The Kier molecular flexibility index (Phi) is 7.99. The molecule has 0 radical (unpaired) electrons. The Morgan fingerprint density at radius 1 is 0.949 bits per heavy atom. The van der Waals surface area contributed by atoms with E-state index in [0.29, 0.717) is 64.1 Å². The second kappa shape index (κ2) is 11.7. The Morgan fingerprint density at radius 2 is 1.72 bits per heavy atom. The number of ether oxygens (including phenoxy) is 3. The summed E-state index contributed by atoms with van der Waals surface area (Å²) in [5, 5.41) is 0.186. The van der Waals surface area contributed by atoms with Gasteiger partial charge in [-0.25, -0.2) is 19.9 Å². The van der Waals surface area contributed by atoms with E-state index >= 15 is 0 Å². The lowest BCUT2D eigenvalue weighted by Gasteiger charge is -2.16. The van der Waals surface area contributed by atoms with Crippen LogP contribution in [-0.4, -0.2) is 50.3 Å². The monoisotopic (exact) mass is 563 g/mol. The molecule has 4 heterocycles. The molecule has 0 aliphatic carbocycles. The van der Waals surface area contributed by atoms with Crippen LogP contribution in [0.15, 0.2) is 54.7 Å². The van der Waals surface area contributed by atoms with Gasteiger partial charge in [0.15, 0.2) is 28.1 Å². The third kappa shape index (κ3) is 5.55. The number of rotatable bonds is 10. The molecule has 5 rings (SSSR count). The van der Waals surface area contributed by atoms with Crippen LogP contribution in [0.25, 0.3) is 28.5 Å². The second-order valence-corrected chi connectivity index (χ2v) is 9.44. The molecule has 4 aromatic heterocycles. The van der Waals surface area contributed by atoms with Crippen LogP contribution in [0.4, 0.5) is 5.82 Å². The number of nitrogens with zero attached hydrogens (tertiary/aromatic N) is 6. The second-order valence-electron chi connectivity index (χ2n) is 8.30. The van der Waals surface area contributed by atoms with E-state index in [1.807, 2.05) is 67.1 Å². The average molecular weight is 564 g/mol. The molecular weight excluding hydrogens is 538 g/mol. The van der Waals surface area contributed by atoms with Crippen LogP contribution in [0, 0.1) is 6.92 Å². The number of methoxy groups -OCH3 is 2. The normalized spacial score (nSPS) is 11.0. The van der Waals surface area contributed by atoms with Crippen molar-refractivity contribution in [1.29, 1.82) is 0 Å². The molecule has 1 N–H and O–H groups in total. The maximum atomic E-state index is 6.54. The molecule has 0 bridgehead atoms. The zero-order valence-corrected chi connectivity index (χ0v) is 23.4. The summed E-state index contributed by atoms with van der Waals surface area (Å²) in [6.45, 7) is 4.39. The molecule has 0 aliphatic heterocycles. The minimum Gasteiger partial charge on any atom is -0.494 e. The molecule has 0 atom stereocenters. The summed E-state index contributed by atoms with van der Waals surface area (Å²) in [6.07, 6.45) is 1.84. The van der Waals surface area contributed by atoms with E-state index in [0.717, 1.165) is 11.3 Å². The first-order valence-corrected chi connectivity index (χ1v) is 13.5. The van der Waals surface area contributed by atoms with E-state index in [1.165, 1.54) is 11.9 Å². The first kappa shape index (κ1) is 26.5. The third-order valence-electron chi connectivity index (χ3n) is 5.68. The zero-order chi connectivity index (χ0) is 27.4. The maximum Gasteiger partial charge on any atom is 0.213 e. The third-order valence-corrected chi connectivity index (χ3v) is 6.73. The molecule has 0 saturated carbocycles. The molecule has 0 spiro atoms. The topological polar surface area (TPSA) is 109 Å².